The summed E-state index contributed by atoms with van der Waals surface area (Å²) in [6.45, 7) is 0. The maximum Gasteiger partial charge on any atom is 0.354 e. The Hall–Kier alpha value is -5.00. The molecule has 4 rings (SSSR count). The summed E-state index contributed by atoms with van der Waals surface area (Å²) in [5.41, 5.74) is -0.922. The molecule has 13 heteroatoms. The molecule has 0 saturated heterocycles. The zero-order valence-corrected chi connectivity index (χ0v) is 25.3. The van der Waals surface area contributed by atoms with E-state index in [1.54, 1.807) is 12.1 Å². The Bertz CT molecular complexity index is 1700. The van der Waals surface area contributed by atoms with Gasteiger partial charge in [0.2, 0.25) is 5.78 Å². The number of allylic oxidation sites excluding steroid dienone is 1. The lowest BCUT2D eigenvalue weighted by molar-refractivity contribution is -0.140. The highest BCUT2D eigenvalue weighted by molar-refractivity contribution is 6.61. The van der Waals surface area contributed by atoms with Gasteiger partial charge in [-0.25, -0.2) is 19.2 Å². The van der Waals surface area contributed by atoms with Gasteiger partial charge in [0.1, 0.15) is 11.4 Å². The van der Waals surface area contributed by atoms with Crippen LogP contribution in [0.3, 0.4) is 0 Å². The van der Waals surface area contributed by atoms with Gasteiger partial charge in [-0.15, -0.1) is 0 Å². The van der Waals surface area contributed by atoms with E-state index < -0.39 is 41.4 Å². The van der Waals surface area contributed by atoms with E-state index in [0.29, 0.717) is 15.6 Å². The molecule has 2 bridgehead atoms. The summed E-state index contributed by atoms with van der Waals surface area (Å²) in [6, 6.07) is 10.9. The molecule has 0 radical (unpaired) electrons. The van der Waals surface area contributed by atoms with Crippen molar-refractivity contribution in [3.8, 4) is 0 Å². The number of carbonyl (C=O) groups excluding carboxylic acids is 5. The number of esters is 4. The van der Waals surface area contributed by atoms with E-state index in [9.17, 15) is 24.0 Å². The Balaban J connectivity index is 2.24. The van der Waals surface area contributed by atoms with Gasteiger partial charge in [-0.3, -0.25) is 9.79 Å². The predicted octanol–water partition coefficient (Wildman–Crippen LogP) is 4.11. The van der Waals surface area contributed by atoms with Crippen LogP contribution in [0.15, 0.2) is 94.4 Å². The van der Waals surface area contributed by atoms with Crippen LogP contribution in [0.5, 0.6) is 0 Å². The number of ketones is 1. The average molecular weight is 639 g/mol. The van der Waals surface area contributed by atoms with Crippen LogP contribution in [0, 0.1) is 0 Å². The van der Waals surface area contributed by atoms with Gasteiger partial charge in [0.15, 0.2) is 0 Å². The third kappa shape index (κ3) is 6.05. The maximum atomic E-state index is 14.1. The summed E-state index contributed by atoms with van der Waals surface area (Å²) >= 11 is 12.2. The van der Waals surface area contributed by atoms with E-state index in [1.165, 1.54) is 53.6 Å². The first-order chi connectivity index (χ1) is 21.1. The molecule has 44 heavy (non-hydrogen) atoms. The van der Waals surface area contributed by atoms with Crippen LogP contribution in [0.1, 0.15) is 15.9 Å². The Morgan fingerprint density at radius 1 is 0.795 bits per heavy atom. The number of rotatable bonds is 8. The van der Waals surface area contributed by atoms with Crippen molar-refractivity contribution >= 4 is 64.1 Å². The molecular weight excluding hydrogens is 615 g/mol. The van der Waals surface area contributed by atoms with Gasteiger partial charge in [-0.2, -0.15) is 0 Å². The van der Waals surface area contributed by atoms with Gasteiger partial charge >= 0.3 is 23.9 Å². The third-order valence-corrected chi connectivity index (χ3v) is 7.13. The fraction of sp³-hybridized carbons (Fsp3) is 0.161. The topological polar surface area (TPSA) is 138 Å². The fourth-order valence-electron chi connectivity index (χ4n) is 4.68. The van der Waals surface area contributed by atoms with E-state index in [0.717, 1.165) is 34.5 Å². The number of hydrogen-bond donors (Lipinski definition) is 0. The van der Waals surface area contributed by atoms with E-state index in [-0.39, 0.29) is 33.7 Å². The number of aliphatic imine (C=N–C) groups is 1. The molecule has 0 fully saturated rings. The van der Waals surface area contributed by atoms with Crippen molar-refractivity contribution in [2.75, 3.05) is 28.4 Å². The molecular formula is C31H24Cl2N2O9. The van der Waals surface area contributed by atoms with Crippen LogP contribution in [0.4, 0.5) is 0 Å². The number of carbonyl (C=O) groups is 5. The van der Waals surface area contributed by atoms with Gasteiger partial charge in [-0.05, 0) is 48.0 Å². The molecule has 2 aromatic carbocycles. The third-order valence-electron chi connectivity index (χ3n) is 6.63. The van der Waals surface area contributed by atoms with E-state index in [4.69, 9.17) is 42.1 Å². The summed E-state index contributed by atoms with van der Waals surface area (Å²) in [6.07, 6.45) is 3.43. The smallest absolute Gasteiger partial charge is 0.354 e. The number of methoxy groups -OCH3 is 4. The highest BCUT2D eigenvalue weighted by Crippen LogP contribution is 2.44. The number of hydrogen-bond acceptors (Lipinski definition) is 11. The summed E-state index contributed by atoms with van der Waals surface area (Å²) < 4.78 is 19.9. The number of halogens is 2. The van der Waals surface area contributed by atoms with Crippen LogP contribution in [-0.2, 0) is 38.1 Å². The van der Waals surface area contributed by atoms with Crippen molar-refractivity contribution in [3.63, 3.8) is 0 Å². The van der Waals surface area contributed by atoms with Crippen molar-refractivity contribution in [1.29, 1.82) is 0 Å². The van der Waals surface area contributed by atoms with E-state index in [2.05, 4.69) is 4.99 Å². The molecule has 2 aliphatic heterocycles. The summed E-state index contributed by atoms with van der Waals surface area (Å²) in [7, 11) is 4.38. The molecule has 1 unspecified atom stereocenters. The molecule has 226 valence electrons. The molecule has 0 saturated carbocycles. The first kappa shape index (κ1) is 31.9. The first-order valence-electron chi connectivity index (χ1n) is 12.7. The molecule has 2 aromatic rings. The van der Waals surface area contributed by atoms with Gasteiger partial charge in [-0.1, -0.05) is 35.3 Å². The van der Waals surface area contributed by atoms with Crippen molar-refractivity contribution in [2.24, 2.45) is 4.99 Å². The Morgan fingerprint density at radius 3 is 1.93 bits per heavy atom. The first-order valence-corrected chi connectivity index (χ1v) is 13.5. The second kappa shape index (κ2) is 13.5. The monoisotopic (exact) mass is 638 g/mol. The Morgan fingerprint density at radius 2 is 1.39 bits per heavy atom. The van der Waals surface area contributed by atoms with Crippen LogP contribution >= 0.6 is 23.2 Å². The summed E-state index contributed by atoms with van der Waals surface area (Å²) in [5, 5.41) is 0.741. The molecule has 0 spiro atoms. The normalized spacial score (nSPS) is 19.7. The second-order valence-electron chi connectivity index (χ2n) is 9.02. The highest BCUT2D eigenvalue weighted by atomic mass is 35.5. The van der Waals surface area contributed by atoms with E-state index >= 15 is 0 Å². The van der Waals surface area contributed by atoms with Gasteiger partial charge in [0.05, 0.1) is 57.4 Å². The summed E-state index contributed by atoms with van der Waals surface area (Å²) in [5.74, 6) is -4.54. The quantitative estimate of drug-likeness (QED) is 0.180. The zero-order valence-electron chi connectivity index (χ0n) is 23.8. The lowest BCUT2D eigenvalue weighted by Crippen LogP contribution is -2.37. The number of benzene rings is 2. The van der Waals surface area contributed by atoms with Crippen molar-refractivity contribution in [1.82, 2.24) is 4.90 Å². The van der Waals surface area contributed by atoms with Crippen molar-refractivity contribution < 1.29 is 42.9 Å². The highest BCUT2D eigenvalue weighted by Gasteiger charge is 2.48. The lowest BCUT2D eigenvalue weighted by Gasteiger charge is -2.31. The molecule has 0 aromatic heterocycles. The van der Waals surface area contributed by atoms with Crippen LogP contribution < -0.4 is 0 Å². The van der Waals surface area contributed by atoms with Crippen LogP contribution in [0.25, 0.3) is 5.57 Å². The standard InChI is InChI=1S/C31H24Cl2N2O9/c1-41-22(36)15-21(29(38)42-2)35-20-13-14-34-26(28(37)17-7-11-19(33)12-8-17)23(16-5-9-18(32)10-6-16)27(35)25(31(40)44-4)24(20)30(39)43-3/h5-15,20H,1-4H3/b14-13-,21-15+,27-23-,34-26+. The molecule has 2 aliphatic rings. The Labute approximate surface area is 261 Å². The Kier molecular flexibility index (Phi) is 9.82. The molecule has 1 atom stereocenters. The molecule has 0 amide bonds. The van der Waals surface area contributed by atoms with Gasteiger partial charge in [0.25, 0.3) is 0 Å². The largest absolute Gasteiger partial charge is 0.466 e. The van der Waals surface area contributed by atoms with Crippen molar-refractivity contribution in [2.45, 2.75) is 6.04 Å². The molecule has 0 N–H and O–H groups in total. The summed E-state index contributed by atoms with van der Waals surface area (Å²) in [4.78, 5) is 72.4. The zero-order chi connectivity index (χ0) is 32.1. The van der Waals surface area contributed by atoms with Crippen LogP contribution in [0.2, 0.25) is 10.0 Å². The fourth-order valence-corrected chi connectivity index (χ4v) is 4.93. The second-order valence-corrected chi connectivity index (χ2v) is 9.89. The number of nitrogens with zero attached hydrogens (tertiary/aromatic N) is 2. The minimum Gasteiger partial charge on any atom is -0.466 e. The van der Waals surface area contributed by atoms with Gasteiger partial charge < -0.3 is 23.8 Å². The number of Topliss-reactive ketones (excluding diaryl/α,β-unsaturated/α-hetero) is 1. The SMILES string of the molecule is COC(=O)/C=C(\C(=O)OC)N1\C2=C(c3ccc(Cl)cc3)/C(C(=O)c3ccc(Cl)cc3)=N\C=C/C1C(C(=O)OC)=C2C(=O)OC. The number of fused-ring (bicyclic) bond motifs is 2. The maximum absolute atomic E-state index is 14.1. The van der Waals surface area contributed by atoms with Crippen molar-refractivity contribution in [3.05, 3.63) is 111 Å². The van der Waals surface area contributed by atoms with Crippen LogP contribution in [-0.4, -0.2) is 74.8 Å². The van der Waals surface area contributed by atoms with Gasteiger partial charge in [0, 0.05) is 27.4 Å². The lowest BCUT2D eigenvalue weighted by atomic mass is 9.90. The average Bonchev–Trinajstić information content (AvgIpc) is 3.38. The molecule has 2 heterocycles. The number of ether oxygens (including phenoxy) is 4. The molecule has 11 nitrogen and oxygen atoms in total. The minimum atomic E-state index is -1.26. The molecule has 0 aliphatic carbocycles. The predicted molar refractivity (Wildman–Crippen MR) is 160 cm³/mol. The van der Waals surface area contributed by atoms with E-state index in [1.807, 2.05) is 0 Å². The minimum absolute atomic E-state index is 0.00469.